The monoisotopic (exact) mass is 197 g/mol. The lowest BCUT2D eigenvalue weighted by Crippen LogP contribution is -1.86. The van der Waals surface area contributed by atoms with E-state index in [1.54, 1.807) is 0 Å². The number of aromatic hydroxyl groups is 1. The molecule has 0 unspecified atom stereocenters. The van der Waals surface area contributed by atoms with Crippen LogP contribution in [0.15, 0.2) is 36.4 Å². The molecule has 0 amide bonds. The van der Waals surface area contributed by atoms with Gasteiger partial charge in [-0.1, -0.05) is 36.4 Å². The van der Waals surface area contributed by atoms with Crippen molar-refractivity contribution in [3.63, 3.8) is 0 Å². The number of nitrogens with zero attached hydrogens (tertiary/aromatic N) is 1. The molecule has 2 heteroatoms. The fourth-order valence-electron chi connectivity index (χ4n) is 1.69. The van der Waals surface area contributed by atoms with Crippen LogP contribution in [0.4, 0.5) is 0 Å². The van der Waals surface area contributed by atoms with Crippen molar-refractivity contribution in [2.24, 2.45) is 0 Å². The highest BCUT2D eigenvalue weighted by molar-refractivity contribution is 5.89. The van der Waals surface area contributed by atoms with Gasteiger partial charge in [0.15, 0.2) is 0 Å². The van der Waals surface area contributed by atoms with Gasteiger partial charge in [0.05, 0.1) is 6.07 Å². The van der Waals surface area contributed by atoms with Crippen LogP contribution in [0.1, 0.15) is 12.0 Å². The Kier molecular flexibility index (Phi) is 2.55. The second-order valence-corrected chi connectivity index (χ2v) is 3.45. The molecule has 0 aliphatic heterocycles. The third kappa shape index (κ3) is 1.77. The largest absolute Gasteiger partial charge is 0.507 e. The minimum atomic E-state index is 0.309. The van der Waals surface area contributed by atoms with E-state index in [4.69, 9.17) is 5.26 Å². The van der Waals surface area contributed by atoms with Gasteiger partial charge in [0, 0.05) is 11.8 Å². The Bertz CT molecular complexity index is 526. The fraction of sp³-hybridized carbons (Fsp3) is 0.154. The van der Waals surface area contributed by atoms with Crippen LogP contribution in [-0.2, 0) is 6.42 Å². The van der Waals surface area contributed by atoms with Gasteiger partial charge in [-0.2, -0.15) is 5.26 Å². The van der Waals surface area contributed by atoms with E-state index in [9.17, 15) is 5.11 Å². The molecular weight excluding hydrogens is 186 g/mol. The zero-order valence-corrected chi connectivity index (χ0v) is 8.27. The van der Waals surface area contributed by atoms with Crippen LogP contribution in [-0.4, -0.2) is 5.11 Å². The Morgan fingerprint density at radius 1 is 1.13 bits per heavy atom. The lowest BCUT2D eigenvalue weighted by Gasteiger charge is -2.05. The number of rotatable bonds is 2. The quantitative estimate of drug-likeness (QED) is 0.804. The van der Waals surface area contributed by atoms with Crippen LogP contribution in [0.5, 0.6) is 5.75 Å². The molecular formula is C13H11NO. The van der Waals surface area contributed by atoms with Gasteiger partial charge in [0.1, 0.15) is 5.75 Å². The summed E-state index contributed by atoms with van der Waals surface area (Å²) in [5.41, 5.74) is 0.843. The highest BCUT2D eigenvalue weighted by Gasteiger charge is 2.04. The van der Waals surface area contributed by atoms with Crippen molar-refractivity contribution in [3.05, 3.63) is 42.0 Å². The molecule has 0 fully saturated rings. The number of nitriles is 1. The van der Waals surface area contributed by atoms with Gasteiger partial charge in [-0.05, 0) is 17.4 Å². The molecule has 0 aromatic heterocycles. The molecule has 0 saturated heterocycles. The van der Waals surface area contributed by atoms with Crippen molar-refractivity contribution in [1.29, 1.82) is 5.26 Å². The average Bonchev–Trinajstić information content (AvgIpc) is 2.29. The predicted molar refractivity (Wildman–Crippen MR) is 59.5 cm³/mol. The van der Waals surface area contributed by atoms with E-state index in [2.05, 4.69) is 6.07 Å². The summed E-state index contributed by atoms with van der Waals surface area (Å²) in [5, 5.41) is 20.3. The van der Waals surface area contributed by atoms with Crippen molar-refractivity contribution < 1.29 is 5.11 Å². The van der Waals surface area contributed by atoms with E-state index in [1.165, 1.54) is 0 Å². The van der Waals surface area contributed by atoms with Crippen molar-refractivity contribution >= 4 is 10.8 Å². The van der Waals surface area contributed by atoms with Crippen molar-refractivity contribution in [3.8, 4) is 11.8 Å². The second-order valence-electron chi connectivity index (χ2n) is 3.45. The van der Waals surface area contributed by atoms with Gasteiger partial charge < -0.3 is 5.11 Å². The highest BCUT2D eigenvalue weighted by atomic mass is 16.3. The normalized spacial score (nSPS) is 10.1. The summed E-state index contributed by atoms with van der Waals surface area (Å²) in [4.78, 5) is 0. The fourth-order valence-corrected chi connectivity index (χ4v) is 1.69. The van der Waals surface area contributed by atoms with Gasteiger partial charge in [0.25, 0.3) is 0 Å². The number of hydrogen-bond donors (Lipinski definition) is 1. The molecule has 15 heavy (non-hydrogen) atoms. The Hall–Kier alpha value is -2.01. The van der Waals surface area contributed by atoms with Crippen molar-refractivity contribution in [1.82, 2.24) is 0 Å². The Morgan fingerprint density at radius 2 is 1.93 bits per heavy atom. The number of hydrogen-bond acceptors (Lipinski definition) is 2. The third-order valence-corrected chi connectivity index (χ3v) is 2.49. The summed E-state index contributed by atoms with van der Waals surface area (Å²) in [6.07, 6.45) is 1.04. The smallest absolute Gasteiger partial charge is 0.126 e. The maximum atomic E-state index is 9.97. The molecule has 0 radical (unpaired) electrons. The van der Waals surface area contributed by atoms with Gasteiger partial charge in [-0.15, -0.1) is 0 Å². The summed E-state index contributed by atoms with van der Waals surface area (Å²) < 4.78 is 0. The Balaban J connectivity index is 2.51. The van der Waals surface area contributed by atoms with Gasteiger partial charge in [-0.3, -0.25) is 0 Å². The summed E-state index contributed by atoms with van der Waals surface area (Å²) in [6.45, 7) is 0. The van der Waals surface area contributed by atoms with E-state index in [1.807, 2.05) is 36.4 Å². The average molecular weight is 197 g/mol. The molecule has 2 aromatic carbocycles. The molecule has 2 aromatic rings. The zero-order valence-electron chi connectivity index (χ0n) is 8.27. The standard InChI is InChI=1S/C13H11NO/c14-9-3-5-11-8-7-10-4-1-2-6-12(10)13(11)15/h1-2,4,6-8,15H,3,5H2. The maximum absolute atomic E-state index is 9.97. The molecule has 0 bridgehead atoms. The summed E-state index contributed by atoms with van der Waals surface area (Å²) in [6, 6.07) is 13.6. The van der Waals surface area contributed by atoms with E-state index >= 15 is 0 Å². The molecule has 0 spiro atoms. The van der Waals surface area contributed by atoms with Gasteiger partial charge in [0.2, 0.25) is 0 Å². The van der Waals surface area contributed by atoms with E-state index in [0.29, 0.717) is 18.6 Å². The predicted octanol–water partition coefficient (Wildman–Crippen LogP) is 3.00. The van der Waals surface area contributed by atoms with Crippen LogP contribution in [0, 0.1) is 11.3 Å². The van der Waals surface area contributed by atoms with Crippen LogP contribution in [0.2, 0.25) is 0 Å². The van der Waals surface area contributed by atoms with E-state index in [-0.39, 0.29) is 0 Å². The molecule has 0 heterocycles. The SMILES string of the molecule is N#CCCc1ccc2ccccc2c1O. The molecule has 0 aliphatic carbocycles. The first-order valence-corrected chi connectivity index (χ1v) is 4.89. The summed E-state index contributed by atoms with van der Waals surface area (Å²) in [5.74, 6) is 0.309. The van der Waals surface area contributed by atoms with E-state index < -0.39 is 0 Å². The zero-order chi connectivity index (χ0) is 10.7. The topological polar surface area (TPSA) is 44.0 Å². The lowest BCUT2D eigenvalue weighted by atomic mass is 10.0. The first-order valence-electron chi connectivity index (χ1n) is 4.89. The summed E-state index contributed by atoms with van der Waals surface area (Å²) >= 11 is 0. The van der Waals surface area contributed by atoms with Crippen LogP contribution >= 0.6 is 0 Å². The van der Waals surface area contributed by atoms with Gasteiger partial charge in [-0.25, -0.2) is 0 Å². The number of phenolic OH excluding ortho intramolecular Hbond substituents is 1. The van der Waals surface area contributed by atoms with Crippen molar-refractivity contribution in [2.75, 3.05) is 0 Å². The molecule has 1 N–H and O–H groups in total. The Morgan fingerprint density at radius 3 is 2.73 bits per heavy atom. The van der Waals surface area contributed by atoms with E-state index in [0.717, 1.165) is 16.3 Å². The molecule has 0 saturated carbocycles. The van der Waals surface area contributed by atoms with Crippen LogP contribution < -0.4 is 0 Å². The highest BCUT2D eigenvalue weighted by Crippen LogP contribution is 2.29. The van der Waals surface area contributed by atoms with Crippen LogP contribution in [0.3, 0.4) is 0 Å². The Labute approximate surface area is 88.4 Å². The molecule has 2 rings (SSSR count). The van der Waals surface area contributed by atoms with Gasteiger partial charge >= 0.3 is 0 Å². The lowest BCUT2D eigenvalue weighted by molar-refractivity contribution is 0.474. The second kappa shape index (κ2) is 4.02. The minimum Gasteiger partial charge on any atom is -0.507 e. The first kappa shape index (κ1) is 9.54. The number of aryl methyl sites for hydroxylation is 1. The number of fused-ring (bicyclic) bond motifs is 1. The third-order valence-electron chi connectivity index (χ3n) is 2.49. The molecule has 0 atom stereocenters. The van der Waals surface area contributed by atoms with Crippen LogP contribution in [0.25, 0.3) is 10.8 Å². The molecule has 74 valence electrons. The van der Waals surface area contributed by atoms with Crippen molar-refractivity contribution in [2.45, 2.75) is 12.8 Å². The maximum Gasteiger partial charge on any atom is 0.126 e. The number of benzene rings is 2. The minimum absolute atomic E-state index is 0.309. The first-order chi connectivity index (χ1) is 7.33. The molecule has 0 aliphatic rings. The molecule has 2 nitrogen and oxygen atoms in total. The number of phenols is 1. The summed E-state index contributed by atoms with van der Waals surface area (Å²) in [7, 11) is 0.